The van der Waals surface area contributed by atoms with Crippen LogP contribution in [0.3, 0.4) is 0 Å². The van der Waals surface area contributed by atoms with Gasteiger partial charge < -0.3 is 15.5 Å². The summed E-state index contributed by atoms with van der Waals surface area (Å²) >= 11 is 0. The summed E-state index contributed by atoms with van der Waals surface area (Å²) in [7, 11) is 0. The van der Waals surface area contributed by atoms with Gasteiger partial charge in [-0.2, -0.15) is 0 Å². The molecule has 1 amide bonds. The quantitative estimate of drug-likeness (QED) is 0.0420. The molecule has 0 aromatic carbocycles. The fourth-order valence-electron chi connectivity index (χ4n) is 10.1. The van der Waals surface area contributed by atoms with Crippen LogP contribution < -0.4 is 5.32 Å². The first-order chi connectivity index (χ1) is 35.2. The Morgan fingerprint density at radius 3 is 0.817 bits per heavy atom. The molecule has 4 nitrogen and oxygen atoms in total. The van der Waals surface area contributed by atoms with Crippen LogP contribution in [0, 0.1) is 0 Å². The van der Waals surface area contributed by atoms with E-state index in [-0.39, 0.29) is 12.5 Å². The summed E-state index contributed by atoms with van der Waals surface area (Å²) in [6, 6.07) is -0.647. The minimum atomic E-state index is -0.872. The van der Waals surface area contributed by atoms with E-state index in [4.69, 9.17) is 0 Å². The second-order valence-corrected chi connectivity index (χ2v) is 22.2. The molecule has 4 heteroatoms. The summed E-state index contributed by atoms with van der Waals surface area (Å²) in [5.74, 6) is -0.0723. The number of carbonyl (C=O) groups excluding carboxylic acids is 1. The molecule has 0 rings (SSSR count). The van der Waals surface area contributed by atoms with Gasteiger partial charge in [-0.25, -0.2) is 0 Å². The maximum absolute atomic E-state index is 12.5. The zero-order chi connectivity index (χ0) is 51.3. The molecule has 0 fully saturated rings. The summed E-state index contributed by atoms with van der Waals surface area (Å²) < 4.78 is 0. The van der Waals surface area contributed by atoms with Gasteiger partial charge in [-0.05, 0) is 70.6 Å². The third-order valence-electron chi connectivity index (χ3n) is 15.0. The van der Waals surface area contributed by atoms with Crippen molar-refractivity contribution in [2.24, 2.45) is 0 Å². The fourth-order valence-corrected chi connectivity index (χ4v) is 10.1. The summed E-state index contributed by atoms with van der Waals surface area (Å²) in [4.78, 5) is 12.5. The lowest BCUT2D eigenvalue weighted by Crippen LogP contribution is -2.45. The topological polar surface area (TPSA) is 69.6 Å². The highest BCUT2D eigenvalue weighted by molar-refractivity contribution is 5.76. The lowest BCUT2D eigenvalue weighted by molar-refractivity contribution is -0.123. The SMILES string of the molecule is CCCCCCCCCC/C=C\CCCCCCCCCCCCCCCCCCCC(=O)NC(CO)C(O)/C=C/CC/C=C/CC/C=C/CCCCCCCCCCCCCCCCCCCCCC. The Labute approximate surface area is 445 Å². The number of amides is 1. The Bertz CT molecular complexity index is 1130. The first-order valence-corrected chi connectivity index (χ1v) is 32.4. The molecular formula is C67H127NO3. The van der Waals surface area contributed by atoms with Crippen molar-refractivity contribution in [3.63, 3.8) is 0 Å². The Morgan fingerprint density at radius 1 is 0.324 bits per heavy atom. The molecule has 2 unspecified atom stereocenters. The standard InChI is InChI=1S/C67H127NO3/c1-3-5-7-9-11-13-15-17-19-21-23-25-27-29-31-33-35-36-38-40-42-44-46-48-50-52-54-56-58-60-62-66(70)65(64-69)68-67(71)63-61-59-57-55-53-51-49-47-45-43-41-39-37-34-32-30-28-26-24-22-20-18-16-14-12-10-8-6-4-2/h22,24,44,46,52,54,60,62,65-66,69-70H,3-21,23,25-43,45,47-51,53,55-59,61,63-64H2,1-2H3,(H,68,71)/b24-22-,46-44+,54-52+,62-60+. The molecule has 0 aliphatic rings. The number of unbranched alkanes of at least 4 members (excludes halogenated alkanes) is 47. The van der Waals surface area contributed by atoms with Gasteiger partial charge >= 0.3 is 0 Å². The molecule has 71 heavy (non-hydrogen) atoms. The average Bonchev–Trinajstić information content (AvgIpc) is 3.37. The number of rotatable bonds is 60. The van der Waals surface area contributed by atoms with E-state index in [1.807, 2.05) is 6.08 Å². The molecule has 0 bridgehead atoms. The highest BCUT2D eigenvalue weighted by Gasteiger charge is 2.18. The van der Waals surface area contributed by atoms with E-state index in [2.05, 4.69) is 55.6 Å². The Hall–Kier alpha value is -1.65. The van der Waals surface area contributed by atoms with E-state index >= 15 is 0 Å². The summed E-state index contributed by atoms with van der Waals surface area (Å²) in [6.45, 7) is 4.33. The number of allylic oxidation sites excluding steroid dienone is 7. The molecule has 0 saturated carbocycles. The predicted molar refractivity (Wildman–Crippen MR) is 318 cm³/mol. The van der Waals surface area contributed by atoms with Crippen LogP contribution in [0.2, 0.25) is 0 Å². The van der Waals surface area contributed by atoms with Crippen molar-refractivity contribution in [2.75, 3.05) is 6.61 Å². The van der Waals surface area contributed by atoms with Crippen LogP contribution in [0.4, 0.5) is 0 Å². The molecule has 0 saturated heterocycles. The van der Waals surface area contributed by atoms with E-state index in [1.54, 1.807) is 6.08 Å². The van der Waals surface area contributed by atoms with Gasteiger partial charge in [0.05, 0.1) is 18.8 Å². The molecule has 0 aromatic rings. The van der Waals surface area contributed by atoms with E-state index in [1.165, 1.54) is 295 Å². The number of aliphatic hydroxyl groups is 2. The molecule has 0 aliphatic carbocycles. The monoisotopic (exact) mass is 994 g/mol. The zero-order valence-electron chi connectivity index (χ0n) is 48.3. The summed E-state index contributed by atoms with van der Waals surface area (Å²) in [5, 5.41) is 23.2. The molecule has 0 aromatic heterocycles. The zero-order valence-corrected chi connectivity index (χ0v) is 48.3. The normalized spacial score (nSPS) is 13.0. The molecule has 0 radical (unpaired) electrons. The lowest BCUT2D eigenvalue weighted by atomic mass is 10.0. The van der Waals surface area contributed by atoms with E-state index in [0.717, 1.165) is 38.5 Å². The van der Waals surface area contributed by atoms with Crippen molar-refractivity contribution in [1.29, 1.82) is 0 Å². The summed E-state index contributed by atoms with van der Waals surface area (Å²) in [6.07, 6.45) is 87.5. The van der Waals surface area contributed by atoms with Crippen LogP contribution in [-0.2, 0) is 4.79 Å². The van der Waals surface area contributed by atoms with Gasteiger partial charge in [0.15, 0.2) is 0 Å². The van der Waals surface area contributed by atoms with Crippen molar-refractivity contribution in [2.45, 2.75) is 366 Å². The smallest absolute Gasteiger partial charge is 0.220 e. The van der Waals surface area contributed by atoms with Gasteiger partial charge in [0.1, 0.15) is 0 Å². The maximum atomic E-state index is 12.5. The molecule has 418 valence electrons. The van der Waals surface area contributed by atoms with E-state index < -0.39 is 12.1 Å². The lowest BCUT2D eigenvalue weighted by Gasteiger charge is -2.19. The third-order valence-corrected chi connectivity index (χ3v) is 15.0. The van der Waals surface area contributed by atoms with Crippen molar-refractivity contribution in [3.05, 3.63) is 48.6 Å². The number of hydrogen-bond acceptors (Lipinski definition) is 3. The highest BCUT2D eigenvalue weighted by atomic mass is 16.3. The van der Waals surface area contributed by atoms with Crippen LogP contribution in [0.25, 0.3) is 0 Å². The second kappa shape index (κ2) is 62.6. The van der Waals surface area contributed by atoms with Gasteiger partial charge in [0, 0.05) is 6.42 Å². The molecule has 0 aliphatic heterocycles. The Kier molecular flexibility index (Phi) is 61.2. The highest BCUT2D eigenvalue weighted by Crippen LogP contribution is 2.18. The average molecular weight is 995 g/mol. The van der Waals surface area contributed by atoms with Crippen LogP contribution in [0.5, 0.6) is 0 Å². The molecular weight excluding hydrogens is 867 g/mol. The Morgan fingerprint density at radius 2 is 0.549 bits per heavy atom. The van der Waals surface area contributed by atoms with E-state index in [9.17, 15) is 15.0 Å². The first-order valence-electron chi connectivity index (χ1n) is 32.4. The third kappa shape index (κ3) is 59.1. The van der Waals surface area contributed by atoms with Crippen molar-refractivity contribution >= 4 is 5.91 Å². The van der Waals surface area contributed by atoms with Gasteiger partial charge in [-0.1, -0.05) is 326 Å². The van der Waals surface area contributed by atoms with Gasteiger partial charge in [0.2, 0.25) is 5.91 Å². The number of carbonyl (C=O) groups is 1. The minimum absolute atomic E-state index is 0.0723. The van der Waals surface area contributed by atoms with Crippen molar-refractivity contribution in [1.82, 2.24) is 5.32 Å². The predicted octanol–water partition coefficient (Wildman–Crippen LogP) is 21.8. The Balaban J connectivity index is 3.50. The fraction of sp³-hybridized carbons (Fsp3) is 0.866. The number of nitrogens with one attached hydrogen (secondary N) is 1. The largest absolute Gasteiger partial charge is 0.394 e. The molecule has 3 N–H and O–H groups in total. The van der Waals surface area contributed by atoms with Gasteiger partial charge in [0.25, 0.3) is 0 Å². The second-order valence-electron chi connectivity index (χ2n) is 22.2. The van der Waals surface area contributed by atoms with Crippen LogP contribution in [0.15, 0.2) is 48.6 Å². The van der Waals surface area contributed by atoms with Crippen molar-refractivity contribution in [3.8, 4) is 0 Å². The van der Waals surface area contributed by atoms with Crippen molar-refractivity contribution < 1.29 is 15.0 Å². The minimum Gasteiger partial charge on any atom is -0.394 e. The summed E-state index contributed by atoms with van der Waals surface area (Å²) in [5.41, 5.74) is 0. The maximum Gasteiger partial charge on any atom is 0.220 e. The van der Waals surface area contributed by atoms with E-state index in [0.29, 0.717) is 6.42 Å². The van der Waals surface area contributed by atoms with Gasteiger partial charge in [-0.15, -0.1) is 0 Å². The van der Waals surface area contributed by atoms with Crippen LogP contribution in [0.1, 0.15) is 354 Å². The molecule has 0 heterocycles. The van der Waals surface area contributed by atoms with Crippen LogP contribution >= 0.6 is 0 Å². The number of hydrogen-bond donors (Lipinski definition) is 3. The number of aliphatic hydroxyl groups excluding tert-OH is 2. The molecule has 2 atom stereocenters. The molecule has 0 spiro atoms. The first kappa shape index (κ1) is 69.3. The van der Waals surface area contributed by atoms with Gasteiger partial charge in [-0.3, -0.25) is 4.79 Å². The van der Waals surface area contributed by atoms with Crippen LogP contribution in [-0.4, -0.2) is 34.9 Å².